The van der Waals surface area contributed by atoms with Crippen LogP contribution in [0.3, 0.4) is 0 Å². The van der Waals surface area contributed by atoms with Crippen LogP contribution in [0.1, 0.15) is 25.8 Å². The van der Waals surface area contributed by atoms with E-state index in [1.807, 2.05) is 0 Å². The fourth-order valence-corrected chi connectivity index (χ4v) is 5.72. The van der Waals surface area contributed by atoms with Crippen LogP contribution in [0.15, 0.2) is 23.1 Å². The average molecular weight is 529 g/mol. The molecule has 3 rings (SSSR count). The molecule has 1 aromatic rings. The van der Waals surface area contributed by atoms with Crippen LogP contribution in [0.4, 0.5) is 14.0 Å². The Morgan fingerprint density at radius 3 is 2.03 bits per heavy atom. The first kappa shape index (κ1) is 27.6. The molecular weight excluding hydrogens is 499 g/mol. The molecule has 2 fully saturated rings. The van der Waals surface area contributed by atoms with Crippen LogP contribution >= 0.6 is 11.8 Å². The van der Waals surface area contributed by atoms with E-state index in [0.29, 0.717) is 17.7 Å². The van der Waals surface area contributed by atoms with Crippen LogP contribution in [-0.4, -0.2) is 56.8 Å². The molecule has 5 unspecified atom stereocenters. The minimum atomic E-state index is -0.956. The van der Waals surface area contributed by atoms with E-state index in [1.165, 1.54) is 17.8 Å². The van der Waals surface area contributed by atoms with Gasteiger partial charge in [-0.05, 0) is 68.7 Å². The Bertz CT molecular complexity index is 970. The Morgan fingerprint density at radius 1 is 0.889 bits per heavy atom. The predicted octanol–water partition coefficient (Wildman–Crippen LogP) is 4.07. The Balaban J connectivity index is 1.59. The van der Waals surface area contributed by atoms with Gasteiger partial charge in [-0.3, -0.25) is 9.59 Å². The maximum Gasteiger partial charge on any atom is 0.511 e. The second-order valence-corrected chi connectivity index (χ2v) is 9.42. The molecule has 0 radical (unpaired) electrons. The highest BCUT2D eigenvalue weighted by molar-refractivity contribution is 7.99. The number of thioether (sulfide) groups is 1. The van der Waals surface area contributed by atoms with Crippen LogP contribution in [0, 0.1) is 42.3 Å². The molecule has 198 valence electrons. The Labute approximate surface area is 212 Å². The van der Waals surface area contributed by atoms with E-state index in [9.17, 15) is 23.6 Å². The second-order valence-electron chi connectivity index (χ2n) is 8.33. The van der Waals surface area contributed by atoms with E-state index in [0.717, 1.165) is 4.90 Å². The number of aryl methyl sites for hydroxylation is 1. The molecule has 2 aliphatic rings. The number of benzene rings is 1. The standard InChI is InChI=1S/C24H29FO10S/c1-4-30-23(28)34-11-32-21(26)18-14(10-36-15-6-7-17(25)13(3)8-15)9-16-19(18)20(16)22(27)33-12-35-24(29)31-5-2/h6-8,14,16,18-20H,4-5,9-12H2,1-3H3. The summed E-state index contributed by atoms with van der Waals surface area (Å²) < 4.78 is 42.4. The number of hydrogen-bond acceptors (Lipinski definition) is 11. The summed E-state index contributed by atoms with van der Waals surface area (Å²) in [5.74, 6) is -2.60. The van der Waals surface area contributed by atoms with Gasteiger partial charge in [0.05, 0.1) is 25.0 Å². The van der Waals surface area contributed by atoms with Crippen molar-refractivity contribution < 1.29 is 52.0 Å². The quantitative estimate of drug-likeness (QED) is 0.179. The van der Waals surface area contributed by atoms with Crippen LogP contribution in [0.2, 0.25) is 0 Å². The van der Waals surface area contributed by atoms with E-state index in [2.05, 4.69) is 14.2 Å². The molecule has 0 N–H and O–H groups in total. The summed E-state index contributed by atoms with van der Waals surface area (Å²) in [6.45, 7) is 3.95. The minimum absolute atomic E-state index is 0.0934. The molecule has 0 heterocycles. The molecular formula is C24H29FO10S. The summed E-state index contributed by atoms with van der Waals surface area (Å²) in [6.07, 6.45) is -1.32. The van der Waals surface area contributed by atoms with Crippen molar-refractivity contribution in [2.75, 3.05) is 32.6 Å². The summed E-state index contributed by atoms with van der Waals surface area (Å²) in [7, 11) is 0. The van der Waals surface area contributed by atoms with Crippen molar-refractivity contribution in [1.29, 1.82) is 0 Å². The van der Waals surface area contributed by atoms with Crippen molar-refractivity contribution in [3.8, 4) is 0 Å². The number of rotatable bonds is 11. The Morgan fingerprint density at radius 2 is 1.47 bits per heavy atom. The van der Waals surface area contributed by atoms with Gasteiger partial charge in [-0.2, -0.15) is 0 Å². The first-order valence-electron chi connectivity index (χ1n) is 11.6. The number of ether oxygens (including phenoxy) is 6. The van der Waals surface area contributed by atoms with Gasteiger partial charge in [0.2, 0.25) is 13.6 Å². The van der Waals surface area contributed by atoms with Crippen molar-refractivity contribution in [3.05, 3.63) is 29.6 Å². The zero-order valence-electron chi connectivity index (χ0n) is 20.2. The summed E-state index contributed by atoms with van der Waals surface area (Å²) in [5.41, 5.74) is 0.522. The second kappa shape index (κ2) is 12.8. The molecule has 0 bridgehead atoms. The van der Waals surface area contributed by atoms with Crippen LogP contribution < -0.4 is 0 Å². The predicted molar refractivity (Wildman–Crippen MR) is 122 cm³/mol. The maximum atomic E-state index is 13.6. The molecule has 2 saturated carbocycles. The first-order chi connectivity index (χ1) is 17.3. The molecule has 0 saturated heterocycles. The van der Waals surface area contributed by atoms with E-state index in [-0.39, 0.29) is 36.8 Å². The van der Waals surface area contributed by atoms with Crippen LogP contribution in [-0.2, 0) is 38.0 Å². The van der Waals surface area contributed by atoms with Crippen LogP contribution in [0.5, 0.6) is 0 Å². The van der Waals surface area contributed by atoms with Crippen molar-refractivity contribution in [3.63, 3.8) is 0 Å². The number of hydrogen-bond donors (Lipinski definition) is 0. The van der Waals surface area contributed by atoms with E-state index in [1.54, 1.807) is 32.9 Å². The van der Waals surface area contributed by atoms with Crippen molar-refractivity contribution in [2.24, 2.45) is 29.6 Å². The highest BCUT2D eigenvalue weighted by atomic mass is 32.2. The molecule has 10 nitrogen and oxygen atoms in total. The van der Waals surface area contributed by atoms with Gasteiger partial charge >= 0.3 is 24.2 Å². The molecule has 5 atom stereocenters. The normalized spacial score (nSPS) is 23.7. The zero-order valence-corrected chi connectivity index (χ0v) is 21.0. The molecule has 0 spiro atoms. The third-order valence-corrected chi connectivity index (χ3v) is 7.33. The lowest BCUT2D eigenvalue weighted by Crippen LogP contribution is -2.30. The molecule has 36 heavy (non-hydrogen) atoms. The number of carbonyl (C=O) groups excluding carboxylic acids is 4. The van der Waals surface area contributed by atoms with Gasteiger partial charge < -0.3 is 28.4 Å². The molecule has 12 heteroatoms. The molecule has 2 aliphatic carbocycles. The van der Waals surface area contributed by atoms with E-state index < -0.39 is 49.7 Å². The van der Waals surface area contributed by atoms with Gasteiger partial charge in [0.1, 0.15) is 5.82 Å². The number of esters is 2. The number of carbonyl (C=O) groups is 4. The number of fused-ring (bicyclic) bond motifs is 1. The van der Waals surface area contributed by atoms with Gasteiger partial charge in [0.15, 0.2) is 0 Å². The summed E-state index contributed by atoms with van der Waals surface area (Å²) in [4.78, 5) is 48.9. The van der Waals surface area contributed by atoms with E-state index in [4.69, 9.17) is 14.2 Å². The highest BCUT2D eigenvalue weighted by Crippen LogP contribution is 2.64. The van der Waals surface area contributed by atoms with Gasteiger partial charge in [0.25, 0.3) is 0 Å². The molecule has 0 aliphatic heterocycles. The van der Waals surface area contributed by atoms with Crippen molar-refractivity contribution in [2.45, 2.75) is 32.1 Å². The summed E-state index contributed by atoms with van der Waals surface area (Å²) in [6, 6.07) is 4.81. The minimum Gasteiger partial charge on any atom is -0.435 e. The number of halogens is 1. The smallest absolute Gasteiger partial charge is 0.435 e. The van der Waals surface area contributed by atoms with Gasteiger partial charge in [0, 0.05) is 10.6 Å². The third kappa shape index (κ3) is 7.02. The first-order valence-corrected chi connectivity index (χ1v) is 12.6. The van der Waals surface area contributed by atoms with Gasteiger partial charge in [-0.1, -0.05) is 0 Å². The largest absolute Gasteiger partial charge is 0.511 e. The Hall–Kier alpha value is -3.02. The van der Waals surface area contributed by atoms with E-state index >= 15 is 0 Å². The molecule has 0 amide bonds. The SMILES string of the molecule is CCOC(=O)OCOC(=O)C1C(CSc2ccc(F)c(C)c2)CC2C(C(=O)OCOC(=O)OCC)C21. The summed E-state index contributed by atoms with van der Waals surface area (Å²) >= 11 is 1.48. The topological polar surface area (TPSA) is 124 Å². The van der Waals surface area contributed by atoms with Gasteiger partial charge in [-0.15, -0.1) is 11.8 Å². The van der Waals surface area contributed by atoms with Crippen LogP contribution in [0.25, 0.3) is 0 Å². The molecule has 1 aromatic carbocycles. The summed E-state index contributed by atoms with van der Waals surface area (Å²) in [5, 5.41) is 0. The lowest BCUT2D eigenvalue weighted by Gasteiger charge is -2.22. The Kier molecular flexibility index (Phi) is 9.80. The van der Waals surface area contributed by atoms with Crippen molar-refractivity contribution in [1.82, 2.24) is 0 Å². The lowest BCUT2D eigenvalue weighted by molar-refractivity contribution is -0.161. The average Bonchev–Trinajstić information content (AvgIpc) is 3.40. The zero-order chi connectivity index (χ0) is 26.2. The fraction of sp³-hybridized carbons (Fsp3) is 0.583. The molecule has 0 aromatic heterocycles. The highest BCUT2D eigenvalue weighted by Gasteiger charge is 2.67. The van der Waals surface area contributed by atoms with Gasteiger partial charge in [-0.25, -0.2) is 14.0 Å². The lowest BCUT2D eigenvalue weighted by atomic mass is 9.90. The monoisotopic (exact) mass is 528 g/mol. The van der Waals surface area contributed by atoms with Crippen molar-refractivity contribution >= 4 is 36.0 Å². The fourth-order valence-electron chi connectivity index (χ4n) is 4.55. The maximum absolute atomic E-state index is 13.6. The third-order valence-electron chi connectivity index (χ3n) is 6.15.